The second-order valence-corrected chi connectivity index (χ2v) is 3.92. The van der Waals surface area contributed by atoms with Crippen LogP contribution in [0.4, 0.5) is 0 Å². The Hall–Kier alpha value is -2.16. The largest absolute Gasteiger partial charge is 0.481 e. The molecule has 1 aromatic carbocycles. The van der Waals surface area contributed by atoms with Gasteiger partial charge in [-0.2, -0.15) is 0 Å². The number of pyridine rings is 1. The molecular formula is C14H13NO2. The fraction of sp³-hybridized carbons (Fsp3) is 0.143. The van der Waals surface area contributed by atoms with E-state index >= 15 is 0 Å². The molecule has 3 heteroatoms. The van der Waals surface area contributed by atoms with Crippen LogP contribution in [0.5, 0.6) is 0 Å². The summed E-state index contributed by atoms with van der Waals surface area (Å²) in [5.74, 6) is -0.840. The van der Waals surface area contributed by atoms with Crippen LogP contribution in [0.15, 0.2) is 42.6 Å². The third kappa shape index (κ3) is 2.69. The van der Waals surface area contributed by atoms with Crippen LogP contribution in [0.25, 0.3) is 11.1 Å². The smallest absolute Gasteiger partial charge is 0.307 e. The molecule has 1 heterocycles. The topological polar surface area (TPSA) is 50.2 Å². The van der Waals surface area contributed by atoms with E-state index in [4.69, 9.17) is 5.11 Å². The van der Waals surface area contributed by atoms with E-state index in [1.54, 1.807) is 6.20 Å². The molecule has 0 bridgehead atoms. The van der Waals surface area contributed by atoms with Crippen LogP contribution < -0.4 is 0 Å². The summed E-state index contributed by atoms with van der Waals surface area (Å²) in [7, 11) is 0. The van der Waals surface area contributed by atoms with Crippen molar-refractivity contribution in [3.63, 3.8) is 0 Å². The predicted octanol–water partition coefficient (Wildman–Crippen LogP) is 2.68. The van der Waals surface area contributed by atoms with E-state index < -0.39 is 5.97 Å². The molecule has 86 valence electrons. The first kappa shape index (κ1) is 11.3. The minimum atomic E-state index is -0.840. The van der Waals surface area contributed by atoms with Crippen LogP contribution in [0, 0.1) is 6.92 Å². The highest BCUT2D eigenvalue weighted by Gasteiger charge is 2.09. The molecule has 17 heavy (non-hydrogen) atoms. The predicted molar refractivity (Wildman–Crippen MR) is 65.7 cm³/mol. The number of aromatic nitrogens is 1. The highest BCUT2D eigenvalue weighted by molar-refractivity contribution is 5.76. The molecule has 0 spiro atoms. The van der Waals surface area contributed by atoms with Gasteiger partial charge >= 0.3 is 5.97 Å². The molecule has 0 fully saturated rings. The number of rotatable bonds is 3. The lowest BCUT2D eigenvalue weighted by Gasteiger charge is -2.08. The highest BCUT2D eigenvalue weighted by Crippen LogP contribution is 2.24. The fourth-order valence-corrected chi connectivity index (χ4v) is 1.78. The maximum Gasteiger partial charge on any atom is 0.307 e. The lowest BCUT2D eigenvalue weighted by Crippen LogP contribution is -2.03. The van der Waals surface area contributed by atoms with Gasteiger partial charge in [-0.25, -0.2) is 0 Å². The maximum absolute atomic E-state index is 10.8. The zero-order valence-corrected chi connectivity index (χ0v) is 9.55. The number of aryl methyl sites for hydroxylation is 1. The zero-order chi connectivity index (χ0) is 12.3. The SMILES string of the molecule is Cc1cc(-c2ccccc2)c(CC(=O)O)cn1. The highest BCUT2D eigenvalue weighted by atomic mass is 16.4. The second-order valence-electron chi connectivity index (χ2n) is 3.92. The van der Waals surface area contributed by atoms with Crippen molar-refractivity contribution in [3.8, 4) is 11.1 Å². The molecule has 0 atom stereocenters. The molecule has 0 radical (unpaired) electrons. The summed E-state index contributed by atoms with van der Waals surface area (Å²) < 4.78 is 0. The molecule has 2 aromatic rings. The second kappa shape index (κ2) is 4.78. The molecule has 1 N–H and O–H groups in total. The summed E-state index contributed by atoms with van der Waals surface area (Å²) in [6, 6.07) is 11.7. The van der Waals surface area contributed by atoms with Crippen molar-refractivity contribution in [3.05, 3.63) is 53.9 Å². The normalized spacial score (nSPS) is 10.2. The maximum atomic E-state index is 10.8. The van der Waals surface area contributed by atoms with Crippen LogP contribution in [-0.2, 0) is 11.2 Å². The lowest BCUT2D eigenvalue weighted by molar-refractivity contribution is -0.136. The summed E-state index contributed by atoms with van der Waals surface area (Å²) >= 11 is 0. The van der Waals surface area contributed by atoms with Crippen molar-refractivity contribution >= 4 is 5.97 Å². The Morgan fingerprint density at radius 3 is 2.65 bits per heavy atom. The molecule has 0 amide bonds. The van der Waals surface area contributed by atoms with Crippen LogP contribution in [-0.4, -0.2) is 16.1 Å². The number of carboxylic acids is 1. The van der Waals surface area contributed by atoms with E-state index in [1.807, 2.05) is 43.3 Å². The van der Waals surface area contributed by atoms with E-state index in [9.17, 15) is 4.79 Å². The molecule has 0 aliphatic heterocycles. The van der Waals surface area contributed by atoms with Gasteiger partial charge in [0.2, 0.25) is 0 Å². The number of benzene rings is 1. The summed E-state index contributed by atoms with van der Waals surface area (Å²) in [6.07, 6.45) is 1.64. The van der Waals surface area contributed by atoms with E-state index in [-0.39, 0.29) is 6.42 Å². The van der Waals surface area contributed by atoms with Crippen LogP contribution >= 0.6 is 0 Å². The van der Waals surface area contributed by atoms with Crippen molar-refractivity contribution in [1.29, 1.82) is 0 Å². The molecule has 0 aliphatic carbocycles. The summed E-state index contributed by atoms with van der Waals surface area (Å²) in [6.45, 7) is 1.90. The summed E-state index contributed by atoms with van der Waals surface area (Å²) in [5.41, 5.74) is 3.60. The van der Waals surface area contributed by atoms with Gasteiger partial charge in [0.25, 0.3) is 0 Å². The molecule has 0 aliphatic rings. The lowest BCUT2D eigenvalue weighted by atomic mass is 9.99. The van der Waals surface area contributed by atoms with Crippen LogP contribution in [0.3, 0.4) is 0 Å². The average molecular weight is 227 g/mol. The van der Waals surface area contributed by atoms with Gasteiger partial charge in [-0.15, -0.1) is 0 Å². The van der Waals surface area contributed by atoms with Crippen molar-refractivity contribution in [1.82, 2.24) is 4.98 Å². The van der Waals surface area contributed by atoms with E-state index in [2.05, 4.69) is 4.98 Å². The van der Waals surface area contributed by atoms with Crippen molar-refractivity contribution in [2.75, 3.05) is 0 Å². The quantitative estimate of drug-likeness (QED) is 0.877. The van der Waals surface area contributed by atoms with Crippen LogP contribution in [0.1, 0.15) is 11.3 Å². The van der Waals surface area contributed by atoms with Gasteiger partial charge in [-0.3, -0.25) is 9.78 Å². The number of carbonyl (C=O) groups is 1. The average Bonchev–Trinajstić information content (AvgIpc) is 2.32. The van der Waals surface area contributed by atoms with Gasteiger partial charge in [-0.05, 0) is 29.7 Å². The monoisotopic (exact) mass is 227 g/mol. The number of hydrogen-bond acceptors (Lipinski definition) is 2. The van der Waals surface area contributed by atoms with Gasteiger partial charge in [0.05, 0.1) is 6.42 Å². The van der Waals surface area contributed by atoms with E-state index in [0.717, 1.165) is 22.4 Å². The Balaban J connectivity index is 2.51. The van der Waals surface area contributed by atoms with Gasteiger partial charge in [0.1, 0.15) is 0 Å². The standard InChI is InChI=1S/C14H13NO2/c1-10-7-13(11-5-3-2-4-6-11)12(9-15-10)8-14(16)17/h2-7,9H,8H2,1H3,(H,16,17). The molecule has 3 nitrogen and oxygen atoms in total. The van der Waals surface area contributed by atoms with E-state index in [1.165, 1.54) is 0 Å². The Kier molecular flexibility index (Phi) is 3.19. The van der Waals surface area contributed by atoms with Crippen molar-refractivity contribution < 1.29 is 9.90 Å². The van der Waals surface area contributed by atoms with Gasteiger partial charge in [0.15, 0.2) is 0 Å². The molecule has 1 aromatic heterocycles. The molecule has 0 saturated carbocycles. The first-order chi connectivity index (χ1) is 8.16. The first-order valence-electron chi connectivity index (χ1n) is 5.39. The van der Waals surface area contributed by atoms with Crippen molar-refractivity contribution in [2.24, 2.45) is 0 Å². The Morgan fingerprint density at radius 1 is 1.29 bits per heavy atom. The van der Waals surface area contributed by atoms with Gasteiger partial charge in [-0.1, -0.05) is 30.3 Å². The summed E-state index contributed by atoms with van der Waals surface area (Å²) in [4.78, 5) is 15.0. The molecule has 0 saturated heterocycles. The number of carboxylic acid groups (broad SMARTS) is 1. The summed E-state index contributed by atoms with van der Waals surface area (Å²) in [5, 5.41) is 8.88. The number of aliphatic carboxylic acids is 1. The number of nitrogens with zero attached hydrogens (tertiary/aromatic N) is 1. The fourth-order valence-electron chi connectivity index (χ4n) is 1.78. The van der Waals surface area contributed by atoms with Gasteiger partial charge in [0, 0.05) is 11.9 Å². The zero-order valence-electron chi connectivity index (χ0n) is 9.55. The third-order valence-corrected chi connectivity index (χ3v) is 2.55. The Morgan fingerprint density at radius 2 is 2.00 bits per heavy atom. The van der Waals surface area contributed by atoms with E-state index in [0.29, 0.717) is 0 Å². The first-order valence-corrected chi connectivity index (χ1v) is 5.39. The number of hydrogen-bond donors (Lipinski definition) is 1. The minimum Gasteiger partial charge on any atom is -0.481 e. The van der Waals surface area contributed by atoms with Crippen LogP contribution in [0.2, 0.25) is 0 Å². The van der Waals surface area contributed by atoms with Crippen molar-refractivity contribution in [2.45, 2.75) is 13.3 Å². The van der Waals surface area contributed by atoms with Gasteiger partial charge < -0.3 is 5.11 Å². The molecule has 2 rings (SSSR count). The molecular weight excluding hydrogens is 214 g/mol. The molecule has 0 unspecified atom stereocenters. The Labute approximate surface area is 99.8 Å². The Bertz CT molecular complexity index is 535. The third-order valence-electron chi connectivity index (χ3n) is 2.55. The minimum absolute atomic E-state index is 0.00247.